The van der Waals surface area contributed by atoms with E-state index in [1.807, 2.05) is 26.0 Å². The summed E-state index contributed by atoms with van der Waals surface area (Å²) in [5.41, 5.74) is 3.58. The maximum absolute atomic E-state index is 12.7. The molecule has 0 aliphatic carbocycles. The molecule has 0 radical (unpaired) electrons. The van der Waals surface area contributed by atoms with Gasteiger partial charge in [0.15, 0.2) is 17.3 Å². The minimum absolute atomic E-state index is 0.0521. The number of carbonyl (C=O) groups excluding carboxylic acids is 1. The zero-order valence-electron chi connectivity index (χ0n) is 17.3. The summed E-state index contributed by atoms with van der Waals surface area (Å²) in [6, 6.07) is 7.32. The molecule has 154 valence electrons. The monoisotopic (exact) mass is 415 g/mol. The fourth-order valence-corrected chi connectivity index (χ4v) is 3.86. The highest BCUT2D eigenvalue weighted by atomic mass is 32.2. The van der Waals surface area contributed by atoms with Crippen molar-refractivity contribution < 1.29 is 18.7 Å². The molecule has 0 saturated carbocycles. The van der Waals surface area contributed by atoms with Gasteiger partial charge in [0.2, 0.25) is 5.89 Å². The predicted molar refractivity (Wildman–Crippen MR) is 112 cm³/mol. The zero-order valence-corrected chi connectivity index (χ0v) is 18.1. The lowest BCUT2D eigenvalue weighted by molar-refractivity contribution is 0.102. The molecule has 0 N–H and O–H groups in total. The number of rotatable bonds is 9. The van der Waals surface area contributed by atoms with Gasteiger partial charge in [-0.25, -0.2) is 0 Å². The van der Waals surface area contributed by atoms with Crippen molar-refractivity contribution in [3.8, 4) is 23.0 Å². The van der Waals surface area contributed by atoms with Gasteiger partial charge in [0, 0.05) is 29.1 Å². The molecule has 29 heavy (non-hydrogen) atoms. The highest BCUT2D eigenvalue weighted by Crippen LogP contribution is 2.32. The van der Waals surface area contributed by atoms with Gasteiger partial charge in [-0.15, -0.1) is 10.2 Å². The Bertz CT molecular complexity index is 1010. The van der Waals surface area contributed by atoms with Gasteiger partial charge in [0.05, 0.1) is 20.0 Å². The first-order valence-electron chi connectivity index (χ1n) is 9.37. The Morgan fingerprint density at radius 1 is 1.14 bits per heavy atom. The van der Waals surface area contributed by atoms with Gasteiger partial charge in [-0.1, -0.05) is 18.7 Å². The number of benzene rings is 1. The standard InChI is InChI=1S/C21H25N3O4S/c1-6-9-24-13(2)10-16(14(24)3)17(25)12-29-21-23-22-20(28-21)15-7-8-18(26-4)19(11-15)27-5/h7-8,10-11H,6,9,12H2,1-5H3. The van der Waals surface area contributed by atoms with E-state index in [0.29, 0.717) is 22.6 Å². The van der Waals surface area contributed by atoms with Gasteiger partial charge >= 0.3 is 0 Å². The number of hydrogen-bond donors (Lipinski definition) is 0. The minimum Gasteiger partial charge on any atom is -0.493 e. The van der Waals surface area contributed by atoms with Crippen LogP contribution in [-0.2, 0) is 6.54 Å². The Morgan fingerprint density at radius 3 is 2.59 bits per heavy atom. The molecular weight excluding hydrogens is 390 g/mol. The predicted octanol–water partition coefficient (Wildman–Crippen LogP) is 4.56. The molecule has 3 rings (SSSR count). The van der Waals surface area contributed by atoms with E-state index in [0.717, 1.165) is 35.5 Å². The van der Waals surface area contributed by atoms with Gasteiger partial charge in [-0.2, -0.15) is 0 Å². The van der Waals surface area contributed by atoms with Gasteiger partial charge < -0.3 is 18.5 Å². The Kier molecular flexibility index (Phi) is 6.64. The molecule has 0 unspecified atom stereocenters. The van der Waals surface area contributed by atoms with Crippen molar-refractivity contribution >= 4 is 17.5 Å². The molecule has 0 aliphatic heterocycles. The van der Waals surface area contributed by atoms with Crippen LogP contribution in [0.5, 0.6) is 11.5 Å². The van der Waals surface area contributed by atoms with Crippen LogP contribution in [0, 0.1) is 13.8 Å². The molecule has 0 amide bonds. The summed E-state index contributed by atoms with van der Waals surface area (Å²) in [5.74, 6) is 1.86. The fraction of sp³-hybridized carbons (Fsp3) is 0.381. The number of nitrogens with zero attached hydrogens (tertiary/aromatic N) is 3. The van der Waals surface area contributed by atoms with Crippen molar-refractivity contribution in [3.63, 3.8) is 0 Å². The summed E-state index contributed by atoms with van der Waals surface area (Å²) in [7, 11) is 3.15. The number of methoxy groups -OCH3 is 2. The van der Waals surface area contributed by atoms with E-state index in [2.05, 4.69) is 21.7 Å². The van der Waals surface area contributed by atoms with Gasteiger partial charge in [0.1, 0.15) is 0 Å². The van der Waals surface area contributed by atoms with Crippen LogP contribution in [0.4, 0.5) is 0 Å². The molecule has 0 aliphatic rings. The molecule has 1 aromatic carbocycles. The van der Waals surface area contributed by atoms with Gasteiger partial charge in [-0.05, 0) is 44.5 Å². The van der Waals surface area contributed by atoms with Crippen LogP contribution < -0.4 is 9.47 Å². The van der Waals surface area contributed by atoms with E-state index in [1.165, 1.54) is 11.8 Å². The third kappa shape index (κ3) is 4.48. The SMILES string of the molecule is CCCn1c(C)cc(C(=O)CSc2nnc(-c3ccc(OC)c(OC)c3)o2)c1C. The van der Waals surface area contributed by atoms with Crippen molar-refractivity contribution in [2.24, 2.45) is 0 Å². The first kappa shape index (κ1) is 21.0. The third-order valence-corrected chi connectivity index (χ3v) is 5.50. The molecule has 0 atom stereocenters. The quantitative estimate of drug-likeness (QED) is 0.374. The Morgan fingerprint density at radius 2 is 1.90 bits per heavy atom. The highest BCUT2D eigenvalue weighted by molar-refractivity contribution is 7.99. The number of aryl methyl sites for hydroxylation is 1. The van der Waals surface area contributed by atoms with Crippen LogP contribution >= 0.6 is 11.8 Å². The van der Waals surface area contributed by atoms with Gasteiger partial charge in [-0.3, -0.25) is 4.79 Å². The second-order valence-corrected chi connectivity index (χ2v) is 7.52. The number of hydrogen-bond acceptors (Lipinski definition) is 7. The number of aromatic nitrogens is 3. The largest absolute Gasteiger partial charge is 0.493 e. The summed E-state index contributed by atoms with van der Waals surface area (Å²) < 4.78 is 18.4. The summed E-state index contributed by atoms with van der Waals surface area (Å²) in [4.78, 5) is 12.7. The van der Waals surface area contributed by atoms with Crippen molar-refractivity contribution in [1.29, 1.82) is 0 Å². The van der Waals surface area contributed by atoms with E-state index < -0.39 is 0 Å². The maximum atomic E-state index is 12.7. The second-order valence-electron chi connectivity index (χ2n) is 6.59. The topological polar surface area (TPSA) is 79.4 Å². The van der Waals surface area contributed by atoms with Crippen molar-refractivity contribution in [1.82, 2.24) is 14.8 Å². The highest BCUT2D eigenvalue weighted by Gasteiger charge is 2.18. The molecular formula is C21H25N3O4S. The molecule has 7 nitrogen and oxygen atoms in total. The van der Waals surface area contributed by atoms with E-state index in [-0.39, 0.29) is 11.5 Å². The molecule has 0 spiro atoms. The summed E-state index contributed by atoms with van der Waals surface area (Å²) in [6.45, 7) is 7.06. The van der Waals surface area contributed by atoms with E-state index in [9.17, 15) is 4.79 Å². The van der Waals surface area contributed by atoms with E-state index in [1.54, 1.807) is 26.4 Å². The normalized spacial score (nSPS) is 10.9. The number of thioether (sulfide) groups is 1. The van der Waals surface area contributed by atoms with Crippen LogP contribution in [0.15, 0.2) is 33.9 Å². The van der Waals surface area contributed by atoms with E-state index >= 15 is 0 Å². The average Bonchev–Trinajstić information content (AvgIpc) is 3.32. The third-order valence-electron chi connectivity index (χ3n) is 4.68. The zero-order chi connectivity index (χ0) is 21.0. The molecule has 0 fully saturated rings. The summed E-state index contributed by atoms with van der Waals surface area (Å²) in [5, 5.41) is 8.48. The summed E-state index contributed by atoms with van der Waals surface area (Å²) >= 11 is 1.24. The Hall–Kier alpha value is -2.74. The molecule has 3 aromatic rings. The molecule has 0 saturated heterocycles. The van der Waals surface area contributed by atoms with E-state index in [4.69, 9.17) is 13.9 Å². The minimum atomic E-state index is 0.0521. The molecule has 0 bridgehead atoms. The summed E-state index contributed by atoms with van der Waals surface area (Å²) in [6.07, 6.45) is 1.03. The van der Waals surface area contributed by atoms with Crippen LogP contribution in [0.3, 0.4) is 0 Å². The number of Topliss-reactive ketones (excluding diaryl/α,β-unsaturated/α-hetero) is 1. The van der Waals surface area contributed by atoms with Crippen molar-refractivity contribution in [2.45, 2.75) is 39.0 Å². The molecule has 8 heteroatoms. The van der Waals surface area contributed by atoms with Crippen molar-refractivity contribution in [3.05, 3.63) is 41.2 Å². The smallest absolute Gasteiger partial charge is 0.277 e. The fourth-order valence-electron chi connectivity index (χ4n) is 3.21. The van der Waals surface area contributed by atoms with Gasteiger partial charge in [0.25, 0.3) is 5.22 Å². The average molecular weight is 416 g/mol. The number of ether oxygens (including phenoxy) is 2. The molecule has 2 aromatic heterocycles. The van der Waals surface area contributed by atoms with Crippen LogP contribution in [-0.4, -0.2) is 40.5 Å². The number of ketones is 1. The lowest BCUT2D eigenvalue weighted by Gasteiger charge is -2.07. The van der Waals surface area contributed by atoms with Crippen LogP contribution in [0.25, 0.3) is 11.5 Å². The first-order chi connectivity index (χ1) is 14.0. The maximum Gasteiger partial charge on any atom is 0.277 e. The molecule has 2 heterocycles. The lowest BCUT2D eigenvalue weighted by atomic mass is 10.2. The lowest BCUT2D eigenvalue weighted by Crippen LogP contribution is -2.06. The van der Waals surface area contributed by atoms with Crippen LogP contribution in [0.2, 0.25) is 0 Å². The van der Waals surface area contributed by atoms with Crippen LogP contribution in [0.1, 0.15) is 35.1 Å². The van der Waals surface area contributed by atoms with Crippen molar-refractivity contribution in [2.75, 3.05) is 20.0 Å². The number of carbonyl (C=O) groups is 1. The first-order valence-corrected chi connectivity index (χ1v) is 10.4. The Balaban J connectivity index is 1.70. The Labute approximate surface area is 174 Å². The second kappa shape index (κ2) is 9.17.